The predicted molar refractivity (Wildman–Crippen MR) is 125 cm³/mol. The zero-order chi connectivity index (χ0) is 23.1. The average molecular weight is 503 g/mol. The third-order valence-electron chi connectivity index (χ3n) is 4.83. The van der Waals surface area contributed by atoms with Gasteiger partial charge in [0.05, 0.1) is 19.5 Å². The second-order valence-corrected chi connectivity index (χ2v) is 11.5. The smallest absolute Gasteiger partial charge is 0.382 e. The minimum absolute atomic E-state index is 0.0363. The van der Waals surface area contributed by atoms with Gasteiger partial charge in [0.25, 0.3) is 0 Å². The number of aromatic nitrogens is 4. The van der Waals surface area contributed by atoms with Gasteiger partial charge in [0.2, 0.25) is 0 Å². The zero-order valence-electron chi connectivity index (χ0n) is 17.9. The largest absolute Gasteiger partial charge is 0.405 e. The molecule has 0 bridgehead atoms. The maximum absolute atomic E-state index is 13.3. The first kappa shape index (κ1) is 25.1. The molecule has 2 unspecified atom stereocenters. The number of hydrogen-bond acceptors (Lipinski definition) is 11. The number of nitrogens with one attached hydrogen (secondary N) is 1. The Labute approximate surface area is 194 Å². The van der Waals surface area contributed by atoms with Crippen molar-refractivity contribution in [3.63, 3.8) is 0 Å². The van der Waals surface area contributed by atoms with Gasteiger partial charge in [0, 0.05) is 37.4 Å². The van der Waals surface area contributed by atoms with Crippen molar-refractivity contribution in [1.29, 1.82) is 0 Å². The van der Waals surface area contributed by atoms with E-state index in [9.17, 15) is 14.2 Å². The van der Waals surface area contributed by atoms with Crippen LogP contribution in [0.2, 0.25) is 0 Å². The fraction of sp³-hybridized carbons (Fsp3) is 0.611. The molecule has 0 aliphatic heterocycles. The molecular weight excluding hydrogens is 475 g/mol. The summed E-state index contributed by atoms with van der Waals surface area (Å²) in [4.78, 5) is 34.8. The molecule has 2 heterocycles. The Bertz CT molecular complexity index is 979. The molecule has 3 rings (SSSR count). The maximum atomic E-state index is 13.3. The van der Waals surface area contributed by atoms with E-state index in [1.54, 1.807) is 6.33 Å². The quantitative estimate of drug-likeness (QED) is 0.343. The lowest BCUT2D eigenvalue weighted by Gasteiger charge is -2.23. The predicted octanol–water partition coefficient (Wildman–Crippen LogP) is 2.79. The molecule has 3 N–H and O–H groups in total. The van der Waals surface area contributed by atoms with Crippen molar-refractivity contribution in [3.05, 3.63) is 12.7 Å². The number of imidazole rings is 1. The van der Waals surface area contributed by atoms with Crippen LogP contribution in [0.3, 0.4) is 0 Å². The average Bonchev–Trinajstić information content (AvgIpc) is 3.36. The van der Waals surface area contributed by atoms with Crippen LogP contribution in [0.5, 0.6) is 0 Å². The Kier molecular flexibility index (Phi) is 9.09. The van der Waals surface area contributed by atoms with Gasteiger partial charge in [-0.3, -0.25) is 18.6 Å². The summed E-state index contributed by atoms with van der Waals surface area (Å²) in [5.74, 6) is 1.09. The van der Waals surface area contributed by atoms with E-state index in [-0.39, 0.29) is 35.5 Å². The Morgan fingerprint density at radius 1 is 1.16 bits per heavy atom. The number of rotatable bonds is 11. The van der Waals surface area contributed by atoms with Crippen LogP contribution in [0.4, 0.5) is 5.82 Å². The number of thioether (sulfide) groups is 2. The lowest BCUT2D eigenvalue weighted by atomic mass is 10.2. The zero-order valence-corrected chi connectivity index (χ0v) is 20.5. The Hall–Kier alpha value is -1.50. The van der Waals surface area contributed by atoms with Crippen LogP contribution in [0, 0.1) is 0 Å². The number of nitrogen functional groups attached to an aromatic ring is 1. The minimum atomic E-state index is -3.62. The number of anilines is 1. The van der Waals surface area contributed by atoms with E-state index in [4.69, 9.17) is 14.8 Å². The summed E-state index contributed by atoms with van der Waals surface area (Å²) >= 11 is 2.20. The number of carbonyl (C=O) groups excluding carboxylic acids is 2. The van der Waals surface area contributed by atoms with E-state index in [0.29, 0.717) is 34.9 Å². The van der Waals surface area contributed by atoms with Crippen LogP contribution in [0.1, 0.15) is 39.2 Å². The maximum Gasteiger partial charge on any atom is 0.405 e. The molecule has 1 aliphatic rings. The number of carbonyl (C=O) groups is 2. The van der Waals surface area contributed by atoms with Crippen molar-refractivity contribution in [2.75, 3.05) is 30.5 Å². The monoisotopic (exact) mass is 502 g/mol. The van der Waals surface area contributed by atoms with Gasteiger partial charge in [-0.05, 0) is 19.3 Å². The lowest BCUT2D eigenvalue weighted by molar-refractivity contribution is -0.109. The third-order valence-corrected chi connectivity index (χ3v) is 8.11. The normalized spacial score (nSPS) is 18.9. The highest BCUT2D eigenvalue weighted by molar-refractivity contribution is 8.13. The second kappa shape index (κ2) is 11.6. The number of hydrogen-bond donors (Lipinski definition) is 2. The molecule has 0 spiro atoms. The fourth-order valence-electron chi connectivity index (χ4n) is 3.49. The molecule has 176 valence electrons. The number of fused-ring (bicyclic) bond motifs is 1. The molecule has 32 heavy (non-hydrogen) atoms. The van der Waals surface area contributed by atoms with Gasteiger partial charge in [-0.2, -0.15) is 0 Å². The van der Waals surface area contributed by atoms with Gasteiger partial charge in [0.15, 0.2) is 21.7 Å². The van der Waals surface area contributed by atoms with Gasteiger partial charge < -0.3 is 10.3 Å². The number of nitrogens with two attached hydrogens (primary N) is 1. The van der Waals surface area contributed by atoms with Crippen LogP contribution >= 0.6 is 31.3 Å². The van der Waals surface area contributed by atoms with Gasteiger partial charge in [-0.1, -0.05) is 23.5 Å². The molecule has 2 aromatic heterocycles. The van der Waals surface area contributed by atoms with E-state index < -0.39 is 7.75 Å². The van der Waals surface area contributed by atoms with Gasteiger partial charge >= 0.3 is 7.75 Å². The second-order valence-electron chi connectivity index (χ2n) is 7.22. The van der Waals surface area contributed by atoms with Crippen LogP contribution < -0.4 is 10.8 Å². The molecule has 1 aliphatic carbocycles. The van der Waals surface area contributed by atoms with E-state index in [1.807, 2.05) is 4.57 Å². The van der Waals surface area contributed by atoms with Crippen LogP contribution in [-0.4, -0.2) is 60.5 Å². The van der Waals surface area contributed by atoms with Crippen LogP contribution in [0.25, 0.3) is 11.2 Å². The summed E-state index contributed by atoms with van der Waals surface area (Å²) < 4.78 is 26.4. The van der Waals surface area contributed by atoms with Crippen molar-refractivity contribution in [2.45, 2.75) is 45.2 Å². The van der Waals surface area contributed by atoms with Crippen molar-refractivity contribution in [2.24, 2.45) is 0 Å². The molecule has 2 atom stereocenters. The van der Waals surface area contributed by atoms with Crippen molar-refractivity contribution >= 4 is 58.5 Å². The lowest BCUT2D eigenvalue weighted by Crippen LogP contribution is -2.27. The number of nitrogens with zero attached hydrogens (tertiary/aromatic N) is 4. The molecule has 0 radical (unpaired) electrons. The molecule has 0 aromatic carbocycles. The van der Waals surface area contributed by atoms with Crippen LogP contribution in [-0.2, 0) is 23.2 Å². The highest BCUT2D eigenvalue weighted by Crippen LogP contribution is 2.47. The standard InChI is InChI=1S/C18H27N6O5PS2/c1-12(25)31-7-5-28-30(27,29-6-8-32-13(2)26)23-14-3-4-15(9-14)24-11-22-16-17(19)20-10-21-18(16)24/h10-11,14-15H,3-9H2,1-2H3,(H,23,27)(H2,19,20,21). The molecule has 2 aromatic rings. The molecule has 14 heteroatoms. The summed E-state index contributed by atoms with van der Waals surface area (Å²) in [7, 11) is -3.62. The summed E-state index contributed by atoms with van der Waals surface area (Å²) in [6, 6.07) is -0.00910. The van der Waals surface area contributed by atoms with Gasteiger partial charge in [-0.25, -0.2) is 24.6 Å². The first-order valence-electron chi connectivity index (χ1n) is 10.1. The van der Waals surface area contributed by atoms with E-state index in [2.05, 4.69) is 20.0 Å². The van der Waals surface area contributed by atoms with E-state index >= 15 is 0 Å². The van der Waals surface area contributed by atoms with E-state index in [0.717, 1.165) is 36.4 Å². The Balaban J connectivity index is 1.61. The Morgan fingerprint density at radius 3 is 2.44 bits per heavy atom. The highest BCUT2D eigenvalue weighted by Gasteiger charge is 2.34. The van der Waals surface area contributed by atoms with Crippen molar-refractivity contribution in [1.82, 2.24) is 24.6 Å². The van der Waals surface area contributed by atoms with Crippen LogP contribution in [0.15, 0.2) is 12.7 Å². The third kappa shape index (κ3) is 7.00. The summed E-state index contributed by atoms with van der Waals surface area (Å²) in [5, 5.41) is 2.98. The summed E-state index contributed by atoms with van der Waals surface area (Å²) in [5.41, 5.74) is 7.11. The highest BCUT2D eigenvalue weighted by atomic mass is 32.2. The molecular formula is C18H27N6O5PS2. The topological polar surface area (TPSA) is 151 Å². The fourth-order valence-corrected chi connectivity index (χ4v) is 6.21. The minimum Gasteiger partial charge on any atom is -0.382 e. The molecule has 0 saturated heterocycles. The Morgan fingerprint density at radius 2 is 1.81 bits per heavy atom. The molecule has 1 fully saturated rings. The molecule has 1 saturated carbocycles. The van der Waals surface area contributed by atoms with E-state index in [1.165, 1.54) is 20.2 Å². The first-order chi connectivity index (χ1) is 15.3. The van der Waals surface area contributed by atoms with Gasteiger partial charge in [0.1, 0.15) is 11.8 Å². The summed E-state index contributed by atoms with van der Waals surface area (Å²) in [6.07, 6.45) is 5.37. The first-order valence-corrected chi connectivity index (χ1v) is 13.7. The van der Waals surface area contributed by atoms with Crippen molar-refractivity contribution < 1.29 is 23.2 Å². The summed E-state index contributed by atoms with van der Waals surface area (Å²) in [6.45, 7) is 3.14. The molecule has 11 nitrogen and oxygen atoms in total. The SMILES string of the molecule is CC(=O)SCCOP(=O)(NC1CCC(n2cnc3c(N)ncnc32)C1)OCCSC(C)=O. The molecule has 0 amide bonds. The van der Waals surface area contributed by atoms with Gasteiger partial charge in [-0.15, -0.1) is 0 Å². The van der Waals surface area contributed by atoms with Crippen molar-refractivity contribution in [3.8, 4) is 0 Å².